The van der Waals surface area contributed by atoms with Crippen molar-refractivity contribution in [3.8, 4) is 23.1 Å². The number of hydrogen-bond donors (Lipinski definition) is 2. The Bertz CT molecular complexity index is 1210. The van der Waals surface area contributed by atoms with Crippen molar-refractivity contribution in [2.24, 2.45) is 5.92 Å². The molecule has 34 heavy (non-hydrogen) atoms. The summed E-state index contributed by atoms with van der Waals surface area (Å²) >= 11 is 0. The van der Waals surface area contributed by atoms with Crippen LogP contribution in [0.25, 0.3) is 11.3 Å². The van der Waals surface area contributed by atoms with Crippen molar-refractivity contribution in [2.45, 2.75) is 12.6 Å². The molecule has 1 fully saturated rings. The van der Waals surface area contributed by atoms with E-state index >= 15 is 0 Å². The van der Waals surface area contributed by atoms with Crippen LogP contribution in [0.5, 0.6) is 5.75 Å². The van der Waals surface area contributed by atoms with E-state index in [9.17, 15) is 18.4 Å². The molecule has 0 saturated carbocycles. The second kappa shape index (κ2) is 9.47. The molecule has 10 heteroatoms. The topological polar surface area (TPSA) is 100 Å². The second-order valence-electron chi connectivity index (χ2n) is 7.99. The number of halogens is 3. The van der Waals surface area contributed by atoms with Crippen molar-refractivity contribution in [1.82, 2.24) is 9.97 Å². The van der Waals surface area contributed by atoms with Gasteiger partial charge in [-0.2, -0.15) is 18.4 Å². The first-order chi connectivity index (χ1) is 16.3. The van der Waals surface area contributed by atoms with E-state index in [0.29, 0.717) is 12.2 Å². The number of aromatic nitrogens is 2. The molecule has 3 N–H and O–H groups in total. The number of nitrogens with one attached hydrogen (secondary N) is 1. The molecule has 2 aromatic heterocycles. The van der Waals surface area contributed by atoms with Crippen molar-refractivity contribution < 1.29 is 17.9 Å². The largest absolute Gasteiger partial charge is 0.493 e. The minimum Gasteiger partial charge on any atom is -0.493 e. The lowest BCUT2D eigenvalue weighted by Gasteiger charge is -2.19. The summed E-state index contributed by atoms with van der Waals surface area (Å²) < 4.78 is 47.3. The molecule has 0 bridgehead atoms. The van der Waals surface area contributed by atoms with Gasteiger partial charge in [0, 0.05) is 37.8 Å². The van der Waals surface area contributed by atoms with Gasteiger partial charge in [0.25, 0.3) is 0 Å². The van der Waals surface area contributed by atoms with E-state index in [4.69, 9.17) is 10.5 Å². The standard InChI is InChI=1S/C24H23F3N6O/c1-30-19-11-18(32-20(12-28)23(19)29)16-5-6-21(17(10-16)24(25,26)27)34-14-15-7-9-33(13-15)22-4-2-3-8-31-22/h2-6,8,10-11,15H,7,9,13-14,29H2,1H3,(H,30,32)/t15-/m0/s1. The lowest BCUT2D eigenvalue weighted by atomic mass is 10.0. The van der Waals surface area contributed by atoms with Crippen LogP contribution in [0.4, 0.5) is 30.4 Å². The fourth-order valence-corrected chi connectivity index (χ4v) is 3.96. The number of rotatable bonds is 6. The summed E-state index contributed by atoms with van der Waals surface area (Å²) in [5.41, 5.74) is 5.87. The summed E-state index contributed by atoms with van der Waals surface area (Å²) in [7, 11) is 1.60. The summed E-state index contributed by atoms with van der Waals surface area (Å²) in [5, 5.41) is 12.1. The summed E-state index contributed by atoms with van der Waals surface area (Å²) in [5.74, 6) is 0.689. The highest BCUT2D eigenvalue weighted by molar-refractivity contribution is 5.77. The molecule has 1 saturated heterocycles. The highest BCUT2D eigenvalue weighted by atomic mass is 19.4. The molecule has 176 valence electrons. The van der Waals surface area contributed by atoms with Gasteiger partial charge in [-0.1, -0.05) is 6.07 Å². The van der Waals surface area contributed by atoms with Crippen molar-refractivity contribution in [3.63, 3.8) is 0 Å². The Labute approximate surface area is 195 Å². The number of hydrogen-bond acceptors (Lipinski definition) is 7. The van der Waals surface area contributed by atoms with Crippen LogP contribution in [-0.2, 0) is 6.18 Å². The van der Waals surface area contributed by atoms with Gasteiger partial charge < -0.3 is 20.7 Å². The highest BCUT2D eigenvalue weighted by Crippen LogP contribution is 2.39. The summed E-state index contributed by atoms with van der Waals surface area (Å²) in [6, 6.07) is 12.8. The van der Waals surface area contributed by atoms with Crippen molar-refractivity contribution in [1.29, 1.82) is 5.26 Å². The molecule has 1 aromatic carbocycles. The summed E-state index contributed by atoms with van der Waals surface area (Å²) in [6.45, 7) is 1.60. The zero-order chi connectivity index (χ0) is 24.3. The first-order valence-electron chi connectivity index (χ1n) is 10.7. The average molecular weight is 468 g/mol. The third-order valence-electron chi connectivity index (χ3n) is 5.75. The lowest BCUT2D eigenvalue weighted by Crippen LogP contribution is -2.23. The van der Waals surface area contributed by atoms with E-state index in [0.717, 1.165) is 24.8 Å². The van der Waals surface area contributed by atoms with Crippen LogP contribution in [0.3, 0.4) is 0 Å². The molecule has 0 unspecified atom stereocenters. The number of nitrogens with zero attached hydrogens (tertiary/aromatic N) is 4. The van der Waals surface area contributed by atoms with E-state index < -0.39 is 11.7 Å². The van der Waals surface area contributed by atoms with Crippen LogP contribution in [0.2, 0.25) is 0 Å². The third-order valence-corrected chi connectivity index (χ3v) is 5.75. The third kappa shape index (κ3) is 4.83. The van der Waals surface area contributed by atoms with E-state index in [2.05, 4.69) is 20.2 Å². The van der Waals surface area contributed by atoms with Crippen molar-refractivity contribution in [3.05, 3.63) is 59.9 Å². The summed E-state index contributed by atoms with van der Waals surface area (Å²) in [4.78, 5) is 10.5. The monoisotopic (exact) mass is 468 g/mol. The van der Waals surface area contributed by atoms with Crippen molar-refractivity contribution in [2.75, 3.05) is 42.7 Å². The Morgan fingerprint density at radius 1 is 1.26 bits per heavy atom. The Morgan fingerprint density at radius 2 is 2.09 bits per heavy atom. The van der Waals surface area contributed by atoms with Crippen LogP contribution in [0.15, 0.2) is 48.7 Å². The van der Waals surface area contributed by atoms with Crippen LogP contribution in [0, 0.1) is 17.2 Å². The van der Waals surface area contributed by atoms with Gasteiger partial charge in [-0.3, -0.25) is 0 Å². The molecule has 0 spiro atoms. The maximum Gasteiger partial charge on any atom is 0.419 e. The smallest absolute Gasteiger partial charge is 0.419 e. The van der Waals surface area contributed by atoms with E-state index in [1.165, 1.54) is 18.2 Å². The minimum absolute atomic E-state index is 0.0607. The second-order valence-corrected chi connectivity index (χ2v) is 7.99. The fraction of sp³-hybridized carbons (Fsp3) is 0.292. The highest BCUT2D eigenvalue weighted by Gasteiger charge is 2.35. The zero-order valence-electron chi connectivity index (χ0n) is 18.4. The van der Waals surface area contributed by atoms with E-state index in [1.54, 1.807) is 13.2 Å². The predicted molar refractivity (Wildman–Crippen MR) is 123 cm³/mol. The predicted octanol–water partition coefficient (Wildman–Crippen LogP) is 4.56. The lowest BCUT2D eigenvalue weighted by molar-refractivity contribution is -0.139. The van der Waals surface area contributed by atoms with E-state index in [-0.39, 0.29) is 40.9 Å². The first kappa shape index (κ1) is 23.2. The van der Waals surface area contributed by atoms with Crippen LogP contribution >= 0.6 is 0 Å². The number of anilines is 3. The van der Waals surface area contributed by atoms with Gasteiger partial charge in [-0.05, 0) is 42.8 Å². The molecule has 1 atom stereocenters. The zero-order valence-corrected chi connectivity index (χ0v) is 18.4. The quantitative estimate of drug-likeness (QED) is 0.547. The molecule has 7 nitrogen and oxygen atoms in total. The Balaban J connectivity index is 1.55. The summed E-state index contributed by atoms with van der Waals surface area (Å²) in [6.07, 6.45) is -2.11. The molecule has 0 amide bonds. The van der Waals surface area contributed by atoms with Crippen LogP contribution < -0.4 is 20.7 Å². The first-order valence-corrected chi connectivity index (χ1v) is 10.7. The Morgan fingerprint density at radius 3 is 2.76 bits per heavy atom. The molecule has 0 radical (unpaired) electrons. The van der Waals surface area contributed by atoms with Crippen LogP contribution in [-0.4, -0.2) is 36.7 Å². The van der Waals surface area contributed by atoms with Gasteiger partial charge >= 0.3 is 6.18 Å². The van der Waals surface area contributed by atoms with Gasteiger partial charge in [0.05, 0.1) is 29.2 Å². The van der Waals surface area contributed by atoms with Gasteiger partial charge in [0.15, 0.2) is 5.69 Å². The maximum atomic E-state index is 13.9. The normalized spacial score (nSPS) is 15.7. The van der Waals surface area contributed by atoms with Gasteiger partial charge in [0.1, 0.15) is 17.6 Å². The molecule has 3 heterocycles. The molecule has 1 aliphatic heterocycles. The Hall–Kier alpha value is -4.00. The number of pyridine rings is 2. The molecule has 4 rings (SSSR count). The molecule has 0 aliphatic carbocycles. The number of ether oxygens (including phenoxy) is 1. The molecular weight excluding hydrogens is 445 g/mol. The number of nitriles is 1. The van der Waals surface area contributed by atoms with Gasteiger partial charge in [-0.25, -0.2) is 9.97 Å². The number of benzene rings is 1. The maximum absolute atomic E-state index is 13.9. The van der Waals surface area contributed by atoms with Gasteiger partial charge in [-0.15, -0.1) is 0 Å². The Kier molecular flexibility index (Phi) is 6.45. The molecule has 1 aliphatic rings. The van der Waals surface area contributed by atoms with Crippen molar-refractivity contribution >= 4 is 17.2 Å². The average Bonchev–Trinajstić information content (AvgIpc) is 3.32. The fourth-order valence-electron chi connectivity index (χ4n) is 3.96. The SMILES string of the molecule is CNc1cc(-c2ccc(OC[C@H]3CCN(c4ccccn4)C3)c(C(F)(F)F)c2)nc(C#N)c1N. The number of nitrogen functional groups attached to an aromatic ring is 1. The van der Waals surface area contributed by atoms with Gasteiger partial charge in [0.2, 0.25) is 0 Å². The minimum atomic E-state index is -4.63. The van der Waals surface area contributed by atoms with Crippen LogP contribution in [0.1, 0.15) is 17.7 Å². The molecule has 3 aromatic rings. The molecular formula is C24H23F3N6O. The number of alkyl halides is 3. The van der Waals surface area contributed by atoms with E-state index in [1.807, 2.05) is 24.3 Å². The number of nitrogens with two attached hydrogens (primary N) is 1.